The molecule has 2 unspecified atom stereocenters. The Labute approximate surface area is 74.9 Å². The average Bonchev–Trinajstić information content (AvgIpc) is 2.11. The highest BCUT2D eigenvalue weighted by Gasteiger charge is 2.28. The van der Waals surface area contributed by atoms with Crippen LogP contribution in [0.25, 0.3) is 0 Å². The van der Waals surface area contributed by atoms with Crippen molar-refractivity contribution in [2.75, 3.05) is 13.2 Å². The van der Waals surface area contributed by atoms with Crippen molar-refractivity contribution >= 4 is 5.97 Å². The van der Waals surface area contributed by atoms with Crippen LogP contribution in [0.2, 0.25) is 0 Å². The second kappa shape index (κ2) is 6.55. The third-order valence-corrected chi connectivity index (χ3v) is 1.14. The molecule has 6 nitrogen and oxygen atoms in total. The van der Waals surface area contributed by atoms with Gasteiger partial charge < -0.3 is 15.3 Å². The molecule has 0 amide bonds. The Hall–Kier alpha value is -0.950. The minimum absolute atomic E-state index is 0.00191. The average molecular weight is 192 g/mol. The van der Waals surface area contributed by atoms with Crippen molar-refractivity contribution in [1.82, 2.24) is 0 Å². The summed E-state index contributed by atoms with van der Waals surface area (Å²) in [6.07, 6.45) is -1.75. The lowest BCUT2D eigenvalue weighted by atomic mass is 10.2. The van der Waals surface area contributed by atoms with Gasteiger partial charge in [-0.3, -0.25) is 0 Å². The molecule has 0 saturated heterocycles. The molecule has 0 aromatic heterocycles. The Kier molecular flexibility index (Phi) is 6.07. The number of carbonyl (C=O) groups is 1. The Morgan fingerprint density at radius 1 is 1.62 bits per heavy atom. The van der Waals surface area contributed by atoms with Gasteiger partial charge >= 0.3 is 5.97 Å². The van der Waals surface area contributed by atoms with Crippen LogP contribution in [-0.4, -0.2) is 46.7 Å². The zero-order valence-electron chi connectivity index (χ0n) is 6.92. The number of aliphatic hydroxyl groups is 2. The molecule has 0 aliphatic heterocycles. The van der Waals surface area contributed by atoms with Crippen LogP contribution in [0, 0.1) is 0 Å². The lowest BCUT2D eigenvalue weighted by molar-refractivity contribution is -0.327. The first-order valence-electron chi connectivity index (χ1n) is 3.54. The van der Waals surface area contributed by atoms with Crippen LogP contribution in [0.4, 0.5) is 0 Å². The highest BCUT2D eigenvalue weighted by atomic mass is 17.2. The monoisotopic (exact) mass is 192 g/mol. The summed E-state index contributed by atoms with van der Waals surface area (Å²) in [7, 11) is 0. The van der Waals surface area contributed by atoms with E-state index in [-0.39, 0.29) is 6.61 Å². The fraction of sp³-hybridized carbons (Fsp3) is 0.571. The van der Waals surface area contributed by atoms with Gasteiger partial charge in [-0.1, -0.05) is 6.08 Å². The molecule has 0 radical (unpaired) electrons. The number of carboxylic acids is 1. The van der Waals surface area contributed by atoms with E-state index in [9.17, 15) is 4.79 Å². The van der Waals surface area contributed by atoms with Crippen LogP contribution in [-0.2, 0) is 14.6 Å². The lowest BCUT2D eigenvalue weighted by Gasteiger charge is -2.15. The summed E-state index contributed by atoms with van der Waals surface area (Å²) < 4.78 is 0. The SMILES string of the molecule is C=CCOOC(C(=O)O)C(O)CO. The maximum atomic E-state index is 10.4. The third-order valence-electron chi connectivity index (χ3n) is 1.14. The van der Waals surface area contributed by atoms with E-state index in [1.807, 2.05) is 0 Å². The van der Waals surface area contributed by atoms with Crippen LogP contribution in [0.15, 0.2) is 12.7 Å². The minimum atomic E-state index is -1.59. The first-order chi connectivity index (χ1) is 6.13. The topological polar surface area (TPSA) is 96.2 Å². The largest absolute Gasteiger partial charge is 0.479 e. The molecule has 0 rings (SSSR count). The highest BCUT2D eigenvalue weighted by molar-refractivity contribution is 5.72. The van der Waals surface area contributed by atoms with Gasteiger partial charge in [0.2, 0.25) is 6.10 Å². The van der Waals surface area contributed by atoms with E-state index in [0.717, 1.165) is 0 Å². The molecule has 2 atom stereocenters. The third kappa shape index (κ3) is 4.58. The highest BCUT2D eigenvalue weighted by Crippen LogP contribution is 2.00. The van der Waals surface area contributed by atoms with Gasteiger partial charge in [-0.2, -0.15) is 0 Å². The fourth-order valence-corrected chi connectivity index (χ4v) is 0.526. The van der Waals surface area contributed by atoms with Crippen molar-refractivity contribution in [3.8, 4) is 0 Å². The summed E-state index contributed by atoms with van der Waals surface area (Å²) in [6, 6.07) is 0. The number of aliphatic hydroxyl groups excluding tert-OH is 2. The van der Waals surface area contributed by atoms with E-state index in [2.05, 4.69) is 16.4 Å². The summed E-state index contributed by atoms with van der Waals surface area (Å²) in [6.45, 7) is 2.59. The van der Waals surface area contributed by atoms with Gasteiger partial charge in [0, 0.05) is 0 Å². The van der Waals surface area contributed by atoms with Crippen molar-refractivity contribution in [1.29, 1.82) is 0 Å². The van der Waals surface area contributed by atoms with E-state index >= 15 is 0 Å². The van der Waals surface area contributed by atoms with Gasteiger partial charge in [0.15, 0.2) is 0 Å². The number of aliphatic carboxylic acids is 1. The molecule has 0 aliphatic carbocycles. The number of rotatable bonds is 7. The summed E-state index contributed by atoms with van der Waals surface area (Å²) >= 11 is 0. The fourth-order valence-electron chi connectivity index (χ4n) is 0.526. The maximum absolute atomic E-state index is 10.4. The number of hydrogen-bond donors (Lipinski definition) is 3. The lowest BCUT2D eigenvalue weighted by Crippen LogP contribution is -2.38. The molecule has 0 spiro atoms. The molecule has 0 fully saturated rings. The number of carboxylic acid groups (broad SMARTS) is 1. The van der Waals surface area contributed by atoms with Crippen LogP contribution >= 0.6 is 0 Å². The van der Waals surface area contributed by atoms with Gasteiger partial charge in [-0.25, -0.2) is 14.6 Å². The van der Waals surface area contributed by atoms with E-state index in [0.29, 0.717) is 0 Å². The quantitative estimate of drug-likeness (QED) is 0.206. The first kappa shape index (κ1) is 12.0. The smallest absolute Gasteiger partial charge is 0.339 e. The normalized spacial score (nSPS) is 14.9. The van der Waals surface area contributed by atoms with Crippen LogP contribution in [0.1, 0.15) is 0 Å². The molecular weight excluding hydrogens is 180 g/mol. The Morgan fingerprint density at radius 3 is 2.62 bits per heavy atom. The van der Waals surface area contributed by atoms with Gasteiger partial charge in [0.05, 0.1) is 6.61 Å². The van der Waals surface area contributed by atoms with Crippen LogP contribution in [0.3, 0.4) is 0 Å². The molecule has 0 saturated carbocycles. The van der Waals surface area contributed by atoms with E-state index in [1.165, 1.54) is 6.08 Å². The molecular formula is C7H12O6. The summed E-state index contributed by atoms with van der Waals surface area (Å²) in [5.74, 6) is -1.41. The van der Waals surface area contributed by atoms with E-state index in [4.69, 9.17) is 15.3 Å². The Bertz CT molecular complexity index is 168. The van der Waals surface area contributed by atoms with Crippen LogP contribution in [0.5, 0.6) is 0 Å². The van der Waals surface area contributed by atoms with Gasteiger partial charge in [-0.15, -0.1) is 6.58 Å². The predicted molar refractivity (Wildman–Crippen MR) is 41.8 cm³/mol. The van der Waals surface area contributed by atoms with Crippen molar-refractivity contribution in [2.45, 2.75) is 12.2 Å². The van der Waals surface area contributed by atoms with Crippen molar-refractivity contribution in [2.24, 2.45) is 0 Å². The molecule has 0 bridgehead atoms. The second-order valence-corrected chi connectivity index (χ2v) is 2.18. The molecule has 13 heavy (non-hydrogen) atoms. The minimum Gasteiger partial charge on any atom is -0.479 e. The van der Waals surface area contributed by atoms with Gasteiger partial charge in [-0.05, 0) is 0 Å². The van der Waals surface area contributed by atoms with E-state index < -0.39 is 24.8 Å². The summed E-state index contributed by atoms with van der Waals surface area (Å²) in [5.41, 5.74) is 0. The Balaban J connectivity index is 3.94. The van der Waals surface area contributed by atoms with Gasteiger partial charge in [0.1, 0.15) is 12.7 Å². The van der Waals surface area contributed by atoms with Gasteiger partial charge in [0.25, 0.3) is 0 Å². The molecule has 3 N–H and O–H groups in total. The van der Waals surface area contributed by atoms with Crippen molar-refractivity contribution in [3.63, 3.8) is 0 Å². The van der Waals surface area contributed by atoms with Crippen molar-refractivity contribution < 1.29 is 29.9 Å². The van der Waals surface area contributed by atoms with Crippen LogP contribution < -0.4 is 0 Å². The standard InChI is InChI=1S/C7H12O6/c1-2-3-12-13-6(7(10)11)5(9)4-8/h2,5-6,8-9H,1,3-4H2,(H,10,11). The zero-order chi connectivity index (χ0) is 10.3. The maximum Gasteiger partial charge on any atom is 0.339 e. The predicted octanol–water partition coefficient (Wildman–Crippen LogP) is -1.07. The Morgan fingerprint density at radius 2 is 2.23 bits per heavy atom. The van der Waals surface area contributed by atoms with E-state index in [1.54, 1.807) is 0 Å². The zero-order valence-corrected chi connectivity index (χ0v) is 6.92. The number of hydrogen-bond acceptors (Lipinski definition) is 5. The first-order valence-corrected chi connectivity index (χ1v) is 3.54. The molecule has 0 aromatic rings. The molecule has 6 heteroatoms. The molecule has 0 heterocycles. The molecule has 76 valence electrons. The molecule has 0 aromatic carbocycles. The molecule has 0 aliphatic rings. The summed E-state index contributed by atoms with van der Waals surface area (Å²) in [4.78, 5) is 19.1. The second-order valence-electron chi connectivity index (χ2n) is 2.18. The summed E-state index contributed by atoms with van der Waals surface area (Å²) in [5, 5.41) is 25.8. The van der Waals surface area contributed by atoms with Crippen molar-refractivity contribution in [3.05, 3.63) is 12.7 Å².